The number of carbonyl (C=O) groups excluding carboxylic acids is 1. The second kappa shape index (κ2) is 6.06. The Balaban J connectivity index is 1.99. The van der Waals surface area contributed by atoms with Gasteiger partial charge in [0.1, 0.15) is 0 Å². The molecule has 0 radical (unpaired) electrons. The van der Waals surface area contributed by atoms with Gasteiger partial charge in [0.2, 0.25) is 0 Å². The van der Waals surface area contributed by atoms with Crippen LogP contribution in [0.2, 0.25) is 0 Å². The zero-order chi connectivity index (χ0) is 14.0. The summed E-state index contributed by atoms with van der Waals surface area (Å²) in [6.45, 7) is 5.26. The van der Waals surface area contributed by atoms with Crippen molar-refractivity contribution in [2.45, 2.75) is 38.8 Å². The molecule has 0 aromatic heterocycles. The lowest BCUT2D eigenvalue weighted by Gasteiger charge is -2.35. The van der Waals surface area contributed by atoms with Gasteiger partial charge in [0, 0.05) is 28.7 Å². The summed E-state index contributed by atoms with van der Waals surface area (Å²) in [5, 5.41) is 3.15. The van der Waals surface area contributed by atoms with Crippen LogP contribution in [0.4, 0.5) is 0 Å². The first-order valence-corrected chi connectivity index (χ1v) is 7.54. The standard InChI is InChI=1S/C15H21BrN2O/c1-10-8-12(4-5-14(10)16)15(19)17-13-6-7-18(3)11(2)9-13/h4-5,8,11,13H,6-7,9H2,1-3H3,(H,17,19). The van der Waals surface area contributed by atoms with Crippen LogP contribution in [0.15, 0.2) is 22.7 Å². The molecule has 1 saturated heterocycles. The molecular weight excluding hydrogens is 304 g/mol. The summed E-state index contributed by atoms with van der Waals surface area (Å²) in [4.78, 5) is 14.6. The number of benzene rings is 1. The second-order valence-electron chi connectivity index (χ2n) is 5.49. The first-order chi connectivity index (χ1) is 8.97. The van der Waals surface area contributed by atoms with Gasteiger partial charge in [-0.05, 0) is 57.5 Å². The van der Waals surface area contributed by atoms with E-state index in [-0.39, 0.29) is 5.91 Å². The molecule has 1 fully saturated rings. The molecule has 0 bridgehead atoms. The molecule has 104 valence electrons. The first kappa shape index (κ1) is 14.5. The molecule has 2 atom stereocenters. The predicted molar refractivity (Wildman–Crippen MR) is 81.5 cm³/mol. The molecule has 1 heterocycles. The van der Waals surface area contributed by atoms with Gasteiger partial charge in [0.05, 0.1) is 0 Å². The third-order valence-electron chi connectivity index (χ3n) is 3.96. The van der Waals surface area contributed by atoms with Crippen molar-refractivity contribution in [1.29, 1.82) is 0 Å². The van der Waals surface area contributed by atoms with Gasteiger partial charge in [-0.25, -0.2) is 0 Å². The molecule has 1 aromatic carbocycles. The van der Waals surface area contributed by atoms with Gasteiger partial charge in [0.15, 0.2) is 0 Å². The van der Waals surface area contributed by atoms with Crippen molar-refractivity contribution in [3.63, 3.8) is 0 Å². The fourth-order valence-corrected chi connectivity index (χ4v) is 2.72. The maximum atomic E-state index is 12.2. The van der Waals surface area contributed by atoms with Crippen LogP contribution in [-0.4, -0.2) is 36.5 Å². The average molecular weight is 325 g/mol. The van der Waals surface area contributed by atoms with Crippen LogP contribution in [0.5, 0.6) is 0 Å². The Morgan fingerprint density at radius 3 is 2.84 bits per heavy atom. The van der Waals surface area contributed by atoms with E-state index in [4.69, 9.17) is 0 Å². The molecular formula is C15H21BrN2O. The molecule has 1 aromatic rings. The van der Waals surface area contributed by atoms with E-state index in [1.54, 1.807) is 0 Å². The van der Waals surface area contributed by atoms with E-state index in [9.17, 15) is 4.79 Å². The molecule has 1 aliphatic rings. The average Bonchev–Trinajstić information content (AvgIpc) is 2.37. The van der Waals surface area contributed by atoms with Crippen molar-refractivity contribution < 1.29 is 4.79 Å². The quantitative estimate of drug-likeness (QED) is 0.907. The van der Waals surface area contributed by atoms with Crippen molar-refractivity contribution in [2.75, 3.05) is 13.6 Å². The molecule has 0 aliphatic carbocycles. The third kappa shape index (κ3) is 3.57. The smallest absolute Gasteiger partial charge is 0.251 e. The summed E-state index contributed by atoms with van der Waals surface area (Å²) in [5.74, 6) is 0.0392. The van der Waals surface area contributed by atoms with Crippen LogP contribution in [0.25, 0.3) is 0 Å². The zero-order valence-corrected chi connectivity index (χ0v) is 13.3. The monoisotopic (exact) mass is 324 g/mol. The Morgan fingerprint density at radius 2 is 2.21 bits per heavy atom. The molecule has 1 amide bonds. The predicted octanol–water partition coefficient (Wildman–Crippen LogP) is 2.97. The second-order valence-corrected chi connectivity index (χ2v) is 6.34. The van der Waals surface area contributed by atoms with E-state index in [1.807, 2.05) is 25.1 Å². The van der Waals surface area contributed by atoms with Crippen LogP contribution in [0, 0.1) is 6.92 Å². The summed E-state index contributed by atoms with van der Waals surface area (Å²) < 4.78 is 1.04. The highest BCUT2D eigenvalue weighted by Crippen LogP contribution is 2.19. The number of nitrogens with one attached hydrogen (secondary N) is 1. The number of rotatable bonds is 2. The lowest BCUT2D eigenvalue weighted by molar-refractivity contribution is 0.0896. The highest BCUT2D eigenvalue weighted by molar-refractivity contribution is 9.10. The number of piperidine rings is 1. The first-order valence-electron chi connectivity index (χ1n) is 6.74. The van der Waals surface area contributed by atoms with E-state index in [1.165, 1.54) is 0 Å². The number of aryl methyl sites for hydroxylation is 1. The molecule has 2 unspecified atom stereocenters. The molecule has 2 rings (SSSR count). The van der Waals surface area contributed by atoms with E-state index in [2.05, 4.69) is 40.1 Å². The Labute approximate surface area is 123 Å². The summed E-state index contributed by atoms with van der Waals surface area (Å²) in [6, 6.07) is 6.55. The van der Waals surface area contributed by atoms with E-state index in [0.29, 0.717) is 12.1 Å². The topological polar surface area (TPSA) is 32.3 Å². The van der Waals surface area contributed by atoms with E-state index in [0.717, 1.165) is 35.0 Å². The highest BCUT2D eigenvalue weighted by atomic mass is 79.9. The number of likely N-dealkylation sites (tertiary alicyclic amines) is 1. The molecule has 4 heteroatoms. The summed E-state index contributed by atoms with van der Waals surface area (Å²) >= 11 is 3.45. The fourth-order valence-electron chi connectivity index (χ4n) is 2.48. The number of nitrogens with zero attached hydrogens (tertiary/aromatic N) is 1. The van der Waals surface area contributed by atoms with Crippen LogP contribution < -0.4 is 5.32 Å². The number of hydrogen-bond donors (Lipinski definition) is 1. The lowest BCUT2D eigenvalue weighted by Crippen LogP contribution is -2.47. The van der Waals surface area contributed by atoms with E-state index < -0.39 is 0 Å². The van der Waals surface area contributed by atoms with E-state index >= 15 is 0 Å². The van der Waals surface area contributed by atoms with Gasteiger partial charge in [-0.3, -0.25) is 4.79 Å². The fraction of sp³-hybridized carbons (Fsp3) is 0.533. The van der Waals surface area contributed by atoms with Gasteiger partial charge in [-0.2, -0.15) is 0 Å². The SMILES string of the molecule is Cc1cc(C(=O)NC2CCN(C)C(C)C2)ccc1Br. The molecule has 0 spiro atoms. The van der Waals surface area contributed by atoms with Crippen molar-refractivity contribution in [1.82, 2.24) is 10.2 Å². The number of amides is 1. The number of carbonyl (C=O) groups is 1. The molecule has 1 N–H and O–H groups in total. The molecule has 3 nitrogen and oxygen atoms in total. The number of halogens is 1. The van der Waals surface area contributed by atoms with Crippen LogP contribution in [0.3, 0.4) is 0 Å². The van der Waals surface area contributed by atoms with Gasteiger partial charge in [0.25, 0.3) is 5.91 Å². The summed E-state index contributed by atoms with van der Waals surface area (Å²) in [6.07, 6.45) is 2.06. The molecule has 0 saturated carbocycles. The van der Waals surface area contributed by atoms with Crippen molar-refractivity contribution in [3.8, 4) is 0 Å². The minimum Gasteiger partial charge on any atom is -0.349 e. The highest BCUT2D eigenvalue weighted by Gasteiger charge is 2.24. The van der Waals surface area contributed by atoms with Crippen molar-refractivity contribution >= 4 is 21.8 Å². The zero-order valence-electron chi connectivity index (χ0n) is 11.7. The third-order valence-corrected chi connectivity index (χ3v) is 4.85. The maximum Gasteiger partial charge on any atom is 0.251 e. The Morgan fingerprint density at radius 1 is 1.47 bits per heavy atom. The van der Waals surface area contributed by atoms with Gasteiger partial charge in [-0.15, -0.1) is 0 Å². The van der Waals surface area contributed by atoms with Gasteiger partial charge >= 0.3 is 0 Å². The normalized spacial score (nSPS) is 24.2. The van der Waals surface area contributed by atoms with Crippen molar-refractivity contribution in [2.24, 2.45) is 0 Å². The lowest BCUT2D eigenvalue weighted by atomic mass is 9.98. The van der Waals surface area contributed by atoms with Crippen LogP contribution in [-0.2, 0) is 0 Å². The minimum absolute atomic E-state index is 0.0392. The Hall–Kier alpha value is -0.870. The molecule has 19 heavy (non-hydrogen) atoms. The largest absolute Gasteiger partial charge is 0.349 e. The van der Waals surface area contributed by atoms with Crippen LogP contribution >= 0.6 is 15.9 Å². The molecule has 1 aliphatic heterocycles. The minimum atomic E-state index is 0.0392. The van der Waals surface area contributed by atoms with Crippen molar-refractivity contribution in [3.05, 3.63) is 33.8 Å². The summed E-state index contributed by atoms with van der Waals surface area (Å²) in [5.41, 5.74) is 1.83. The Kier molecular flexibility index (Phi) is 4.63. The van der Waals surface area contributed by atoms with Crippen LogP contribution in [0.1, 0.15) is 35.7 Å². The van der Waals surface area contributed by atoms with Gasteiger partial charge in [-0.1, -0.05) is 15.9 Å². The maximum absolute atomic E-state index is 12.2. The van der Waals surface area contributed by atoms with Gasteiger partial charge < -0.3 is 10.2 Å². The Bertz CT molecular complexity index is 475. The number of hydrogen-bond acceptors (Lipinski definition) is 2. The summed E-state index contributed by atoms with van der Waals surface area (Å²) in [7, 11) is 2.14.